The van der Waals surface area contributed by atoms with Crippen LogP contribution in [-0.2, 0) is 11.2 Å². The molecule has 0 bridgehead atoms. The molecule has 2 aromatic carbocycles. The highest BCUT2D eigenvalue weighted by molar-refractivity contribution is 6.17. The van der Waals surface area contributed by atoms with Crippen LogP contribution in [0, 0.1) is 0 Å². The van der Waals surface area contributed by atoms with Gasteiger partial charge in [-0.1, -0.05) is 30.3 Å². The molecule has 0 atom stereocenters. The Morgan fingerprint density at radius 2 is 1.45 bits per heavy atom. The van der Waals surface area contributed by atoms with Crippen molar-refractivity contribution < 1.29 is 4.79 Å². The Labute approximate surface area is 173 Å². The zero-order chi connectivity index (χ0) is 21.0. The summed E-state index contributed by atoms with van der Waals surface area (Å²) in [5, 5.41) is 0. The number of amides is 1. The lowest BCUT2D eigenvalue weighted by molar-refractivity contribution is -0.121. The van der Waals surface area contributed by atoms with Gasteiger partial charge in [-0.3, -0.25) is 9.69 Å². The molecule has 150 valence electrons. The quantitative estimate of drug-likeness (QED) is 0.706. The van der Waals surface area contributed by atoms with E-state index in [9.17, 15) is 4.79 Å². The van der Waals surface area contributed by atoms with E-state index in [4.69, 9.17) is 0 Å². The standard InChI is InChI=1S/C24H28N4O/c1-26(2)20-13-9-18(10-14-20)7-6-8-23-25-22(24(29)28(23)5)17-19-11-15-21(16-12-19)27(3)4/h6,8-17H,7H2,1-5H3/b8-6+,22-17-. The van der Waals surface area contributed by atoms with E-state index in [0.29, 0.717) is 11.5 Å². The summed E-state index contributed by atoms with van der Waals surface area (Å²) in [5.74, 6) is 0.577. The fourth-order valence-electron chi connectivity index (χ4n) is 3.02. The number of likely N-dealkylation sites (N-methyl/N-ethyl adjacent to an activating group) is 1. The molecule has 1 heterocycles. The highest BCUT2D eigenvalue weighted by Gasteiger charge is 2.24. The second-order valence-corrected chi connectivity index (χ2v) is 7.52. The zero-order valence-corrected chi connectivity index (χ0v) is 17.8. The minimum absolute atomic E-state index is 0.0864. The predicted octanol–water partition coefficient (Wildman–Crippen LogP) is 3.83. The van der Waals surface area contributed by atoms with Gasteiger partial charge in [-0.25, -0.2) is 4.99 Å². The number of anilines is 2. The lowest BCUT2D eigenvalue weighted by Gasteiger charge is -2.12. The molecule has 0 saturated carbocycles. The Balaban J connectivity index is 1.70. The number of hydrogen-bond acceptors (Lipinski definition) is 4. The second kappa shape index (κ2) is 8.78. The van der Waals surface area contributed by atoms with Crippen LogP contribution < -0.4 is 9.80 Å². The van der Waals surface area contributed by atoms with Crippen LogP contribution in [0.25, 0.3) is 6.08 Å². The van der Waals surface area contributed by atoms with Gasteiger partial charge in [0.05, 0.1) is 0 Å². The first-order valence-electron chi connectivity index (χ1n) is 9.64. The van der Waals surface area contributed by atoms with E-state index in [1.54, 1.807) is 11.9 Å². The molecular weight excluding hydrogens is 360 g/mol. The van der Waals surface area contributed by atoms with Crippen LogP contribution >= 0.6 is 0 Å². The maximum absolute atomic E-state index is 12.5. The van der Waals surface area contributed by atoms with E-state index in [1.807, 2.05) is 75.6 Å². The second-order valence-electron chi connectivity index (χ2n) is 7.52. The molecule has 29 heavy (non-hydrogen) atoms. The van der Waals surface area contributed by atoms with Crippen LogP contribution in [0.4, 0.5) is 11.4 Å². The first kappa shape index (κ1) is 20.4. The first-order valence-corrected chi connectivity index (χ1v) is 9.64. The topological polar surface area (TPSA) is 39.2 Å². The van der Waals surface area contributed by atoms with Gasteiger partial charge in [-0.2, -0.15) is 0 Å². The van der Waals surface area contributed by atoms with Gasteiger partial charge in [0.1, 0.15) is 11.5 Å². The predicted molar refractivity (Wildman–Crippen MR) is 123 cm³/mol. The van der Waals surface area contributed by atoms with Crippen LogP contribution in [0.5, 0.6) is 0 Å². The fraction of sp³-hybridized carbons (Fsp3) is 0.250. The molecule has 3 rings (SSSR count). The molecule has 0 radical (unpaired) electrons. The van der Waals surface area contributed by atoms with Crippen LogP contribution in [0.15, 0.2) is 71.4 Å². The Bertz CT molecular complexity index is 951. The van der Waals surface area contributed by atoms with Crippen molar-refractivity contribution in [1.82, 2.24) is 4.90 Å². The number of rotatable bonds is 6. The van der Waals surface area contributed by atoms with E-state index in [0.717, 1.165) is 17.7 Å². The summed E-state index contributed by atoms with van der Waals surface area (Å²) in [6, 6.07) is 16.5. The summed E-state index contributed by atoms with van der Waals surface area (Å²) >= 11 is 0. The molecular formula is C24H28N4O. The smallest absolute Gasteiger partial charge is 0.277 e. The number of carbonyl (C=O) groups is 1. The van der Waals surface area contributed by atoms with Crippen molar-refractivity contribution >= 4 is 29.2 Å². The maximum Gasteiger partial charge on any atom is 0.277 e. The lowest BCUT2D eigenvalue weighted by Crippen LogP contribution is -2.26. The van der Waals surface area contributed by atoms with E-state index in [-0.39, 0.29) is 5.91 Å². The minimum Gasteiger partial charge on any atom is -0.378 e. The molecule has 0 unspecified atom stereocenters. The van der Waals surface area contributed by atoms with Crippen molar-refractivity contribution in [2.75, 3.05) is 45.0 Å². The van der Waals surface area contributed by atoms with Gasteiger partial charge >= 0.3 is 0 Å². The molecule has 0 N–H and O–H groups in total. The molecule has 0 saturated heterocycles. The largest absolute Gasteiger partial charge is 0.378 e. The normalized spacial score (nSPS) is 15.3. The highest BCUT2D eigenvalue weighted by atomic mass is 16.2. The Morgan fingerprint density at radius 1 is 0.897 bits per heavy atom. The minimum atomic E-state index is -0.0864. The number of amidine groups is 1. The molecule has 2 aromatic rings. The average molecular weight is 389 g/mol. The Hall–Kier alpha value is -3.34. The van der Waals surface area contributed by atoms with Gasteiger partial charge in [-0.05, 0) is 54.0 Å². The molecule has 1 aliphatic rings. The zero-order valence-electron chi connectivity index (χ0n) is 17.8. The van der Waals surface area contributed by atoms with Crippen molar-refractivity contribution in [1.29, 1.82) is 0 Å². The van der Waals surface area contributed by atoms with Gasteiger partial charge in [0, 0.05) is 46.6 Å². The summed E-state index contributed by atoms with van der Waals surface area (Å²) < 4.78 is 0. The molecule has 0 spiro atoms. The summed E-state index contributed by atoms with van der Waals surface area (Å²) in [5.41, 5.74) is 4.93. The third-order valence-corrected chi connectivity index (χ3v) is 4.89. The summed E-state index contributed by atoms with van der Waals surface area (Å²) in [7, 11) is 9.82. The highest BCUT2D eigenvalue weighted by Crippen LogP contribution is 2.20. The monoisotopic (exact) mass is 388 g/mol. The molecule has 0 fully saturated rings. The summed E-state index contributed by atoms with van der Waals surface area (Å²) in [4.78, 5) is 22.8. The van der Waals surface area contributed by atoms with Crippen LogP contribution in [-0.4, -0.2) is 51.9 Å². The SMILES string of the molecule is CN1C(=O)/C(=C/c2ccc(N(C)C)cc2)N=C1/C=C/Cc1ccc(N(C)C)cc1. The molecule has 5 nitrogen and oxygen atoms in total. The Morgan fingerprint density at radius 3 is 2.00 bits per heavy atom. The number of carbonyl (C=O) groups excluding carboxylic acids is 1. The van der Waals surface area contributed by atoms with Crippen molar-refractivity contribution in [2.45, 2.75) is 6.42 Å². The van der Waals surface area contributed by atoms with E-state index in [1.165, 1.54) is 11.3 Å². The van der Waals surface area contributed by atoms with Crippen LogP contribution in [0.3, 0.4) is 0 Å². The van der Waals surface area contributed by atoms with Crippen molar-refractivity contribution in [3.63, 3.8) is 0 Å². The molecule has 1 aliphatic heterocycles. The van der Waals surface area contributed by atoms with Gasteiger partial charge < -0.3 is 9.80 Å². The third kappa shape index (κ3) is 4.93. The average Bonchev–Trinajstić information content (AvgIpc) is 2.97. The Kier molecular flexibility index (Phi) is 6.17. The lowest BCUT2D eigenvalue weighted by atomic mass is 10.1. The van der Waals surface area contributed by atoms with Crippen molar-refractivity contribution in [3.8, 4) is 0 Å². The van der Waals surface area contributed by atoms with Gasteiger partial charge in [-0.15, -0.1) is 0 Å². The first-order chi connectivity index (χ1) is 13.8. The van der Waals surface area contributed by atoms with Crippen molar-refractivity contribution in [3.05, 3.63) is 77.5 Å². The number of allylic oxidation sites excluding steroid dienone is 1. The van der Waals surface area contributed by atoms with Crippen LogP contribution in [0.2, 0.25) is 0 Å². The number of hydrogen-bond donors (Lipinski definition) is 0. The number of benzene rings is 2. The molecule has 5 heteroatoms. The number of nitrogens with zero attached hydrogens (tertiary/aromatic N) is 4. The van der Waals surface area contributed by atoms with E-state index >= 15 is 0 Å². The third-order valence-electron chi connectivity index (χ3n) is 4.89. The van der Waals surface area contributed by atoms with Gasteiger partial charge in [0.2, 0.25) is 0 Å². The molecule has 0 aromatic heterocycles. The van der Waals surface area contributed by atoms with Crippen LogP contribution in [0.1, 0.15) is 11.1 Å². The van der Waals surface area contributed by atoms with Gasteiger partial charge in [0.25, 0.3) is 5.91 Å². The number of aliphatic imine (C=N–C) groups is 1. The molecule has 1 amide bonds. The summed E-state index contributed by atoms with van der Waals surface area (Å²) in [6.07, 6.45) is 6.58. The fourth-order valence-corrected chi connectivity index (χ4v) is 3.02. The maximum atomic E-state index is 12.5. The van der Waals surface area contributed by atoms with Crippen molar-refractivity contribution in [2.24, 2.45) is 4.99 Å². The summed E-state index contributed by atoms with van der Waals surface area (Å²) in [6.45, 7) is 0. The molecule has 0 aliphatic carbocycles. The van der Waals surface area contributed by atoms with Gasteiger partial charge in [0.15, 0.2) is 0 Å². The van der Waals surface area contributed by atoms with E-state index in [2.05, 4.69) is 34.2 Å². The van der Waals surface area contributed by atoms with E-state index < -0.39 is 0 Å².